The van der Waals surface area contributed by atoms with E-state index in [2.05, 4.69) is 5.32 Å². The lowest BCUT2D eigenvalue weighted by Crippen LogP contribution is -2.53. The molecule has 0 spiro atoms. The van der Waals surface area contributed by atoms with Crippen molar-refractivity contribution in [2.24, 2.45) is 5.92 Å². The van der Waals surface area contributed by atoms with Crippen molar-refractivity contribution in [1.29, 1.82) is 0 Å². The predicted molar refractivity (Wildman–Crippen MR) is 92.7 cm³/mol. The van der Waals surface area contributed by atoms with Crippen LogP contribution in [0.15, 0.2) is 0 Å². The van der Waals surface area contributed by atoms with Crippen LogP contribution in [0.4, 0.5) is 4.79 Å². The molecule has 132 valence electrons. The standard InChI is InChI=1S/C16H29N3O3S/c1-16(2,3)22-15(21)19-7-5-18(6-8-19)14(20)11-17-10-13-4-9-23-12-13/h13,17H,4-12H2,1-3H3. The molecule has 2 amide bonds. The summed E-state index contributed by atoms with van der Waals surface area (Å²) in [6, 6.07) is 0. The van der Waals surface area contributed by atoms with Crippen LogP contribution in [-0.4, -0.2) is 78.2 Å². The molecule has 0 saturated carbocycles. The van der Waals surface area contributed by atoms with Gasteiger partial charge >= 0.3 is 6.09 Å². The van der Waals surface area contributed by atoms with Crippen molar-refractivity contribution in [1.82, 2.24) is 15.1 Å². The van der Waals surface area contributed by atoms with Gasteiger partial charge in [-0.15, -0.1) is 0 Å². The van der Waals surface area contributed by atoms with Gasteiger partial charge in [0.2, 0.25) is 5.91 Å². The molecule has 2 fully saturated rings. The van der Waals surface area contributed by atoms with E-state index >= 15 is 0 Å². The first-order valence-corrected chi connectivity index (χ1v) is 9.55. The average molecular weight is 343 g/mol. The Morgan fingerprint density at radius 3 is 2.39 bits per heavy atom. The van der Waals surface area contributed by atoms with E-state index in [0.29, 0.717) is 38.6 Å². The van der Waals surface area contributed by atoms with Crippen molar-refractivity contribution in [2.45, 2.75) is 32.8 Å². The Kier molecular flexibility index (Phi) is 6.59. The van der Waals surface area contributed by atoms with Gasteiger partial charge in [-0.3, -0.25) is 4.79 Å². The Balaban J connectivity index is 1.65. The van der Waals surface area contributed by atoms with Crippen LogP contribution in [0.3, 0.4) is 0 Å². The molecular weight excluding hydrogens is 314 g/mol. The van der Waals surface area contributed by atoms with E-state index in [9.17, 15) is 9.59 Å². The zero-order chi connectivity index (χ0) is 16.9. The zero-order valence-electron chi connectivity index (χ0n) is 14.5. The van der Waals surface area contributed by atoms with Crippen molar-refractivity contribution in [3.8, 4) is 0 Å². The number of rotatable bonds is 4. The minimum Gasteiger partial charge on any atom is -0.444 e. The molecule has 6 nitrogen and oxygen atoms in total. The number of ether oxygens (including phenoxy) is 1. The van der Waals surface area contributed by atoms with Crippen LogP contribution in [0, 0.1) is 5.92 Å². The van der Waals surface area contributed by atoms with Crippen LogP contribution in [0.2, 0.25) is 0 Å². The van der Waals surface area contributed by atoms with Gasteiger partial charge in [-0.25, -0.2) is 4.79 Å². The molecule has 1 atom stereocenters. The van der Waals surface area contributed by atoms with Gasteiger partial charge in [0.25, 0.3) is 0 Å². The van der Waals surface area contributed by atoms with Gasteiger partial charge in [-0.2, -0.15) is 11.8 Å². The fourth-order valence-corrected chi connectivity index (χ4v) is 3.99. The summed E-state index contributed by atoms with van der Waals surface area (Å²) in [5.41, 5.74) is -0.480. The highest BCUT2D eigenvalue weighted by Gasteiger charge is 2.27. The lowest BCUT2D eigenvalue weighted by molar-refractivity contribution is -0.132. The number of piperazine rings is 1. The van der Waals surface area contributed by atoms with Gasteiger partial charge in [0, 0.05) is 26.2 Å². The lowest BCUT2D eigenvalue weighted by atomic mass is 10.1. The molecule has 23 heavy (non-hydrogen) atoms. The van der Waals surface area contributed by atoms with Gasteiger partial charge in [0.05, 0.1) is 6.54 Å². The highest BCUT2D eigenvalue weighted by atomic mass is 32.2. The largest absolute Gasteiger partial charge is 0.444 e. The van der Waals surface area contributed by atoms with Gasteiger partial charge in [-0.1, -0.05) is 0 Å². The van der Waals surface area contributed by atoms with Gasteiger partial charge in [-0.05, 0) is 51.2 Å². The highest BCUT2D eigenvalue weighted by molar-refractivity contribution is 7.99. The number of amides is 2. The second-order valence-electron chi connectivity index (χ2n) is 7.21. The first kappa shape index (κ1) is 18.4. The third-order valence-corrected chi connectivity index (χ3v) is 5.25. The molecule has 0 radical (unpaired) electrons. The summed E-state index contributed by atoms with van der Waals surface area (Å²) in [5.74, 6) is 3.28. The summed E-state index contributed by atoms with van der Waals surface area (Å²) >= 11 is 1.99. The molecule has 0 aromatic carbocycles. The van der Waals surface area contributed by atoms with E-state index < -0.39 is 5.60 Å². The van der Waals surface area contributed by atoms with Crippen molar-refractivity contribution in [3.63, 3.8) is 0 Å². The zero-order valence-corrected chi connectivity index (χ0v) is 15.3. The number of carbonyl (C=O) groups is 2. The SMILES string of the molecule is CC(C)(C)OC(=O)N1CCN(C(=O)CNCC2CCSC2)CC1. The van der Waals surface area contributed by atoms with Crippen LogP contribution in [-0.2, 0) is 9.53 Å². The van der Waals surface area contributed by atoms with Crippen molar-refractivity contribution < 1.29 is 14.3 Å². The van der Waals surface area contributed by atoms with Gasteiger partial charge in [0.15, 0.2) is 0 Å². The van der Waals surface area contributed by atoms with Crippen molar-refractivity contribution in [2.75, 3.05) is 50.8 Å². The van der Waals surface area contributed by atoms with Gasteiger partial charge in [0.1, 0.15) is 5.60 Å². The van der Waals surface area contributed by atoms with E-state index in [0.717, 1.165) is 6.54 Å². The molecule has 2 saturated heterocycles. The second-order valence-corrected chi connectivity index (χ2v) is 8.36. The monoisotopic (exact) mass is 343 g/mol. The smallest absolute Gasteiger partial charge is 0.410 e. The highest BCUT2D eigenvalue weighted by Crippen LogP contribution is 2.22. The minimum atomic E-state index is -0.480. The summed E-state index contributed by atoms with van der Waals surface area (Å²) in [7, 11) is 0. The number of nitrogens with zero attached hydrogens (tertiary/aromatic N) is 2. The second kappa shape index (κ2) is 8.24. The molecule has 1 unspecified atom stereocenters. The molecule has 0 aromatic heterocycles. The van der Waals surface area contributed by atoms with Crippen LogP contribution < -0.4 is 5.32 Å². The predicted octanol–water partition coefficient (Wildman–Crippen LogP) is 1.41. The molecule has 2 aliphatic rings. The fourth-order valence-electron chi connectivity index (χ4n) is 2.70. The molecule has 0 aliphatic carbocycles. The van der Waals surface area contributed by atoms with E-state index in [4.69, 9.17) is 4.74 Å². The Bertz CT molecular complexity index is 411. The Morgan fingerprint density at radius 1 is 1.17 bits per heavy atom. The third-order valence-electron chi connectivity index (χ3n) is 4.02. The maximum absolute atomic E-state index is 12.2. The average Bonchev–Trinajstić information content (AvgIpc) is 2.99. The first-order valence-electron chi connectivity index (χ1n) is 8.39. The molecule has 0 aromatic rings. The summed E-state index contributed by atoms with van der Waals surface area (Å²) in [6.07, 6.45) is 0.960. The maximum Gasteiger partial charge on any atom is 0.410 e. The Morgan fingerprint density at radius 2 is 1.83 bits per heavy atom. The molecule has 2 heterocycles. The quantitative estimate of drug-likeness (QED) is 0.836. The normalized spacial score (nSPS) is 22.3. The number of nitrogens with one attached hydrogen (secondary N) is 1. The van der Waals surface area contributed by atoms with E-state index in [1.165, 1.54) is 17.9 Å². The van der Waals surface area contributed by atoms with Crippen molar-refractivity contribution >= 4 is 23.8 Å². The van der Waals surface area contributed by atoms with E-state index in [-0.39, 0.29) is 12.0 Å². The number of hydrogen-bond acceptors (Lipinski definition) is 5. The summed E-state index contributed by atoms with van der Waals surface area (Å²) in [6.45, 7) is 9.15. The number of hydrogen-bond donors (Lipinski definition) is 1. The third kappa shape index (κ3) is 6.22. The lowest BCUT2D eigenvalue weighted by Gasteiger charge is -2.35. The van der Waals surface area contributed by atoms with E-state index in [1.54, 1.807) is 4.90 Å². The van der Waals surface area contributed by atoms with E-state index in [1.807, 2.05) is 37.4 Å². The van der Waals surface area contributed by atoms with Gasteiger partial charge < -0.3 is 19.9 Å². The topological polar surface area (TPSA) is 61.9 Å². The molecule has 7 heteroatoms. The first-order chi connectivity index (χ1) is 10.8. The molecule has 0 bridgehead atoms. The number of carbonyl (C=O) groups excluding carboxylic acids is 2. The fraction of sp³-hybridized carbons (Fsp3) is 0.875. The number of thioether (sulfide) groups is 1. The minimum absolute atomic E-state index is 0.125. The molecular formula is C16H29N3O3S. The Labute approximate surface area is 143 Å². The van der Waals surface area contributed by atoms with Crippen LogP contribution in [0.5, 0.6) is 0 Å². The molecule has 2 aliphatic heterocycles. The Hall–Kier alpha value is -0.950. The summed E-state index contributed by atoms with van der Waals surface area (Å²) in [4.78, 5) is 27.7. The maximum atomic E-state index is 12.2. The van der Waals surface area contributed by atoms with Crippen molar-refractivity contribution in [3.05, 3.63) is 0 Å². The van der Waals surface area contributed by atoms with Crippen LogP contribution in [0.25, 0.3) is 0 Å². The molecule has 2 rings (SSSR count). The summed E-state index contributed by atoms with van der Waals surface area (Å²) < 4.78 is 5.36. The van der Waals surface area contributed by atoms with Crippen LogP contribution >= 0.6 is 11.8 Å². The summed E-state index contributed by atoms with van der Waals surface area (Å²) in [5, 5.41) is 3.28. The molecule has 1 N–H and O–H groups in total. The van der Waals surface area contributed by atoms with Crippen LogP contribution in [0.1, 0.15) is 27.2 Å².